The zero-order valence-electron chi connectivity index (χ0n) is 43.6. The summed E-state index contributed by atoms with van der Waals surface area (Å²) in [6.45, 7) is 19.9. The van der Waals surface area contributed by atoms with E-state index < -0.39 is 118 Å². The highest BCUT2D eigenvalue weighted by molar-refractivity contribution is 7.89. The van der Waals surface area contributed by atoms with Crippen molar-refractivity contribution in [2.45, 2.75) is 210 Å². The van der Waals surface area contributed by atoms with E-state index in [1.54, 1.807) is 86.7 Å². The van der Waals surface area contributed by atoms with Gasteiger partial charge in [-0.15, -0.1) is 0 Å². The molecule has 0 spiro atoms. The molecular weight excluding hydrogens is 927 g/mol. The molecule has 1 aromatic carbocycles. The van der Waals surface area contributed by atoms with Crippen molar-refractivity contribution in [2.75, 3.05) is 26.7 Å². The van der Waals surface area contributed by atoms with E-state index in [4.69, 9.17) is 28.4 Å². The summed E-state index contributed by atoms with van der Waals surface area (Å²) < 4.78 is 70.8. The van der Waals surface area contributed by atoms with Gasteiger partial charge in [-0.05, 0) is 98.7 Å². The molecule has 0 aliphatic carbocycles. The van der Waals surface area contributed by atoms with E-state index in [-0.39, 0.29) is 56.4 Å². The Hall–Kier alpha value is -2.67. The van der Waals surface area contributed by atoms with Gasteiger partial charge < -0.3 is 69.2 Å². The second kappa shape index (κ2) is 23.7. The molecule has 3 aliphatic rings. The number of aryl methyl sites for hydroxylation is 1. The lowest BCUT2D eigenvalue weighted by atomic mass is 9.75. The Labute approximate surface area is 416 Å². The lowest BCUT2D eigenvalue weighted by Crippen LogP contribution is -2.70. The van der Waals surface area contributed by atoms with Gasteiger partial charge in [0, 0.05) is 58.0 Å². The maximum Gasteiger partial charge on any atom is 0.311 e. The molecular formula is C50H85N5O14S. The van der Waals surface area contributed by atoms with Crippen LogP contribution in [0, 0.1) is 17.8 Å². The minimum atomic E-state index is -4.37. The van der Waals surface area contributed by atoms with Crippen molar-refractivity contribution >= 4 is 16.0 Å². The van der Waals surface area contributed by atoms with E-state index in [0.717, 1.165) is 6.42 Å². The molecule has 20 heteroatoms. The molecule has 400 valence electrons. The molecule has 5 rings (SSSR count). The molecule has 2 aromatic rings. The quantitative estimate of drug-likeness (QED) is 0.100. The largest absolute Gasteiger partial charge is 0.459 e. The second-order valence-corrected chi connectivity index (χ2v) is 22.9. The number of aromatic nitrogens is 2. The molecule has 0 radical (unpaired) electrons. The highest BCUT2D eigenvalue weighted by Crippen LogP contribution is 2.43. The molecule has 4 heterocycles. The van der Waals surface area contributed by atoms with E-state index in [1.807, 2.05) is 19.9 Å². The number of methoxy groups -OCH3 is 1. The smallest absolute Gasteiger partial charge is 0.311 e. The predicted octanol–water partition coefficient (Wildman–Crippen LogP) is 2.99. The van der Waals surface area contributed by atoms with Gasteiger partial charge in [0.05, 0.1) is 42.0 Å². The fourth-order valence-electron chi connectivity index (χ4n) is 10.8. The van der Waals surface area contributed by atoms with Crippen LogP contribution in [-0.2, 0) is 56.8 Å². The summed E-state index contributed by atoms with van der Waals surface area (Å²) in [5.41, 5.74) is -5.74. The van der Waals surface area contributed by atoms with Crippen LogP contribution in [0.1, 0.15) is 114 Å². The number of carbonyl (C=O) groups excluding carboxylic acids is 1. The molecule has 3 saturated heterocycles. The number of rotatable bonds is 15. The maximum absolute atomic E-state index is 14.6. The van der Waals surface area contributed by atoms with Crippen LogP contribution in [-0.4, -0.2) is 170 Å². The Morgan fingerprint density at radius 1 is 0.986 bits per heavy atom. The van der Waals surface area contributed by atoms with Crippen LogP contribution in [0.3, 0.4) is 0 Å². The summed E-state index contributed by atoms with van der Waals surface area (Å²) in [6, 6.07) is 7.22. The number of esters is 1. The second-order valence-electron chi connectivity index (χ2n) is 21.1. The van der Waals surface area contributed by atoms with Crippen molar-refractivity contribution in [1.29, 1.82) is 0 Å². The van der Waals surface area contributed by atoms with Gasteiger partial charge in [0.2, 0.25) is 5.16 Å². The summed E-state index contributed by atoms with van der Waals surface area (Å²) >= 11 is 0. The Bertz CT molecular complexity index is 2080. The van der Waals surface area contributed by atoms with Crippen LogP contribution < -0.4 is 10.6 Å². The number of ether oxygens (including phenoxy) is 6. The monoisotopic (exact) mass is 1010 g/mol. The number of aliphatic hydroxyl groups is 5. The maximum atomic E-state index is 14.6. The summed E-state index contributed by atoms with van der Waals surface area (Å²) in [4.78, 5) is 18.8. The van der Waals surface area contributed by atoms with Crippen molar-refractivity contribution in [3.8, 4) is 0 Å². The van der Waals surface area contributed by atoms with Gasteiger partial charge in [-0.25, -0.2) is 13.4 Å². The van der Waals surface area contributed by atoms with Crippen LogP contribution in [0.5, 0.6) is 0 Å². The average molecular weight is 1010 g/mol. The molecule has 7 N–H and O–H groups in total. The lowest BCUT2D eigenvalue weighted by Gasteiger charge is -2.53. The first-order chi connectivity index (χ1) is 32.7. The highest BCUT2D eigenvalue weighted by atomic mass is 32.2. The first-order valence-corrected chi connectivity index (χ1v) is 26.5. The summed E-state index contributed by atoms with van der Waals surface area (Å²) in [7, 11) is -1.29. The van der Waals surface area contributed by atoms with Gasteiger partial charge in [-0.3, -0.25) is 4.79 Å². The number of cyclic esters (lactones) is 1. The van der Waals surface area contributed by atoms with Crippen LogP contribution in [0.2, 0.25) is 0 Å². The van der Waals surface area contributed by atoms with Gasteiger partial charge >= 0.3 is 5.97 Å². The Balaban J connectivity index is 1.61. The molecule has 18 atom stereocenters. The molecule has 0 amide bonds. The SMILES string of the molecule is CCCNC[C@]1(O)[C@H](C)O[C@@H](O[C@H]2[C@H](C)[C@@H](O[C@@H]3O[C@H](C)C[C@H](N(Cc4ccccc4)S(=O)(=O)c4nccn4C)[C@H]3O)[C@](C)(O)C[C@@H](C)CN[C@H](C)[C@@H](O)[C@](C)(O)[C@@H](CC)OC(=O)[C@@H]2C)C[C@@]1(C)OC. The van der Waals surface area contributed by atoms with Crippen molar-refractivity contribution in [3.05, 3.63) is 48.3 Å². The first-order valence-electron chi connectivity index (χ1n) is 25.1. The molecule has 70 heavy (non-hydrogen) atoms. The first kappa shape index (κ1) is 58.2. The summed E-state index contributed by atoms with van der Waals surface area (Å²) in [5.74, 6) is -3.21. The number of nitrogens with zero attached hydrogens (tertiary/aromatic N) is 3. The minimum Gasteiger partial charge on any atom is -0.459 e. The minimum absolute atomic E-state index is 0.00942. The number of nitrogens with one attached hydrogen (secondary N) is 2. The zero-order valence-corrected chi connectivity index (χ0v) is 44.5. The number of aliphatic hydroxyl groups excluding tert-OH is 2. The van der Waals surface area contributed by atoms with Gasteiger partial charge in [-0.2, -0.15) is 4.31 Å². The Kier molecular flexibility index (Phi) is 19.7. The Morgan fingerprint density at radius 2 is 1.66 bits per heavy atom. The highest BCUT2D eigenvalue weighted by Gasteiger charge is 2.58. The van der Waals surface area contributed by atoms with Crippen molar-refractivity contribution in [1.82, 2.24) is 24.5 Å². The van der Waals surface area contributed by atoms with Crippen LogP contribution in [0.25, 0.3) is 0 Å². The fraction of sp³-hybridized carbons (Fsp3) is 0.800. The normalized spacial score (nSPS) is 40.9. The predicted molar refractivity (Wildman–Crippen MR) is 260 cm³/mol. The topological polar surface area (TPSA) is 253 Å². The third-order valence-electron chi connectivity index (χ3n) is 15.2. The number of carbonyl (C=O) groups is 1. The van der Waals surface area contributed by atoms with Gasteiger partial charge in [-0.1, -0.05) is 58.0 Å². The third kappa shape index (κ3) is 12.6. The van der Waals surface area contributed by atoms with E-state index in [0.29, 0.717) is 12.1 Å². The van der Waals surface area contributed by atoms with Crippen LogP contribution >= 0.6 is 0 Å². The van der Waals surface area contributed by atoms with Crippen molar-refractivity contribution < 1.29 is 67.2 Å². The van der Waals surface area contributed by atoms with Gasteiger partial charge in [0.25, 0.3) is 10.0 Å². The number of hydrogen-bond donors (Lipinski definition) is 7. The van der Waals surface area contributed by atoms with Gasteiger partial charge in [0.1, 0.15) is 35.1 Å². The van der Waals surface area contributed by atoms with E-state index in [9.17, 15) is 38.7 Å². The van der Waals surface area contributed by atoms with E-state index >= 15 is 0 Å². The molecule has 1 aromatic heterocycles. The lowest BCUT2D eigenvalue weighted by molar-refractivity contribution is -0.336. The van der Waals surface area contributed by atoms with Crippen molar-refractivity contribution in [2.24, 2.45) is 24.8 Å². The molecule has 0 saturated carbocycles. The van der Waals surface area contributed by atoms with Crippen LogP contribution in [0.4, 0.5) is 0 Å². The van der Waals surface area contributed by atoms with Crippen LogP contribution in [0.15, 0.2) is 47.9 Å². The number of benzene rings is 1. The molecule has 19 nitrogen and oxygen atoms in total. The fourth-order valence-corrected chi connectivity index (χ4v) is 12.5. The van der Waals surface area contributed by atoms with Crippen molar-refractivity contribution in [3.63, 3.8) is 0 Å². The zero-order chi connectivity index (χ0) is 52.1. The summed E-state index contributed by atoms with van der Waals surface area (Å²) in [6.07, 6.45) is -6.74. The molecule has 3 aliphatic heterocycles. The number of imidazole rings is 1. The van der Waals surface area contributed by atoms with E-state index in [1.165, 1.54) is 35.3 Å². The molecule has 3 fully saturated rings. The Morgan fingerprint density at radius 3 is 2.26 bits per heavy atom. The number of hydrogen-bond acceptors (Lipinski definition) is 17. The van der Waals surface area contributed by atoms with E-state index in [2.05, 4.69) is 15.6 Å². The molecule has 0 bridgehead atoms. The van der Waals surface area contributed by atoms with Gasteiger partial charge in [0.15, 0.2) is 12.6 Å². The molecule has 0 unspecified atom stereocenters. The average Bonchev–Trinajstić information content (AvgIpc) is 3.75. The summed E-state index contributed by atoms with van der Waals surface area (Å²) in [5, 5.41) is 67.3. The third-order valence-corrected chi connectivity index (χ3v) is 17.1. The standard InChI is InChI=1S/C50H85N5O14S/c1-14-21-51-29-50(61)35(8)66-39(26-48(50,10)64-13)68-41-32(5)43(47(9,59)25-30(3)27-53-34(7)42(57)49(11,60)38(15-2)67-44(58)33(41)6)69-45-40(56)37(24-31(4)65-45)55(28-36-19-17-16-18-20-36)70(62,63)46-52-22-23-54(46)12/h16-20,22-23,30-35,37-43,45,51,53,56-57,59-61H,14-15,21,24-29H2,1-13H3/t30-,31-,32+,33-,34-,35+,37+,38-,39+,40-,41+,42-,43-,45+,47-,48-,49-,50+/m1/s1. The number of sulfonamides is 1.